The van der Waals surface area contributed by atoms with E-state index in [0.29, 0.717) is 6.10 Å². The van der Waals surface area contributed by atoms with Crippen molar-refractivity contribution >= 4 is 5.82 Å². The van der Waals surface area contributed by atoms with E-state index in [-0.39, 0.29) is 5.54 Å². The van der Waals surface area contributed by atoms with Crippen LogP contribution in [0.4, 0.5) is 5.82 Å². The number of rotatable bonds is 4. The van der Waals surface area contributed by atoms with Crippen molar-refractivity contribution in [2.24, 2.45) is 0 Å². The van der Waals surface area contributed by atoms with Crippen LogP contribution in [0, 0.1) is 13.8 Å². The Bertz CT molecular complexity index is 494. The predicted octanol–water partition coefficient (Wildman–Crippen LogP) is 2.81. The Labute approximate surface area is 128 Å². The molecule has 118 valence electrons. The SMILES string of the molecule is COC1CCN(c2nc(C)cc(C)c2CNC(C)(C)C)C1. The van der Waals surface area contributed by atoms with Crippen molar-refractivity contribution in [3.8, 4) is 0 Å². The lowest BCUT2D eigenvalue weighted by Gasteiger charge is -2.26. The van der Waals surface area contributed by atoms with E-state index in [1.54, 1.807) is 7.11 Å². The molecule has 1 atom stereocenters. The van der Waals surface area contributed by atoms with Gasteiger partial charge in [-0.1, -0.05) is 0 Å². The lowest BCUT2D eigenvalue weighted by molar-refractivity contribution is 0.121. The Kier molecular flexibility index (Phi) is 4.89. The fourth-order valence-electron chi connectivity index (χ4n) is 2.79. The van der Waals surface area contributed by atoms with Crippen LogP contribution in [-0.4, -0.2) is 36.8 Å². The van der Waals surface area contributed by atoms with Gasteiger partial charge in [-0.25, -0.2) is 4.98 Å². The van der Waals surface area contributed by atoms with Crippen molar-refractivity contribution in [1.82, 2.24) is 10.3 Å². The zero-order valence-corrected chi connectivity index (χ0v) is 14.3. The summed E-state index contributed by atoms with van der Waals surface area (Å²) in [5, 5.41) is 3.59. The Balaban J connectivity index is 2.26. The van der Waals surface area contributed by atoms with Gasteiger partial charge in [-0.05, 0) is 52.7 Å². The van der Waals surface area contributed by atoms with E-state index in [1.165, 1.54) is 11.1 Å². The zero-order valence-electron chi connectivity index (χ0n) is 14.3. The molecular weight excluding hydrogens is 262 g/mol. The first-order chi connectivity index (χ1) is 9.80. The molecule has 21 heavy (non-hydrogen) atoms. The number of ether oxygens (including phenoxy) is 1. The van der Waals surface area contributed by atoms with E-state index in [0.717, 1.165) is 37.6 Å². The van der Waals surface area contributed by atoms with Crippen LogP contribution in [0.2, 0.25) is 0 Å². The smallest absolute Gasteiger partial charge is 0.133 e. The van der Waals surface area contributed by atoms with Crippen LogP contribution >= 0.6 is 0 Å². The third kappa shape index (κ3) is 4.17. The van der Waals surface area contributed by atoms with E-state index < -0.39 is 0 Å². The first kappa shape index (κ1) is 16.2. The van der Waals surface area contributed by atoms with Gasteiger partial charge < -0.3 is 15.0 Å². The van der Waals surface area contributed by atoms with Gasteiger partial charge in [-0.15, -0.1) is 0 Å². The topological polar surface area (TPSA) is 37.4 Å². The second-order valence-corrected chi connectivity index (χ2v) is 7.08. The largest absolute Gasteiger partial charge is 0.380 e. The maximum atomic E-state index is 5.49. The molecule has 4 heteroatoms. The average Bonchev–Trinajstić information content (AvgIpc) is 2.84. The van der Waals surface area contributed by atoms with Crippen LogP contribution in [-0.2, 0) is 11.3 Å². The third-order valence-electron chi connectivity index (χ3n) is 4.03. The number of aromatic nitrogens is 1. The van der Waals surface area contributed by atoms with Crippen LogP contribution in [0.1, 0.15) is 44.0 Å². The highest BCUT2D eigenvalue weighted by molar-refractivity contribution is 5.52. The summed E-state index contributed by atoms with van der Waals surface area (Å²) in [6.07, 6.45) is 1.41. The summed E-state index contributed by atoms with van der Waals surface area (Å²) in [5.74, 6) is 1.13. The monoisotopic (exact) mass is 291 g/mol. The van der Waals surface area contributed by atoms with Gasteiger partial charge >= 0.3 is 0 Å². The molecular formula is C17H29N3O. The van der Waals surface area contributed by atoms with E-state index in [2.05, 4.69) is 50.9 Å². The molecule has 0 amide bonds. The fourth-order valence-corrected chi connectivity index (χ4v) is 2.79. The number of pyridine rings is 1. The van der Waals surface area contributed by atoms with E-state index in [4.69, 9.17) is 9.72 Å². The van der Waals surface area contributed by atoms with Gasteiger partial charge in [0.2, 0.25) is 0 Å². The number of nitrogens with one attached hydrogen (secondary N) is 1. The Morgan fingerprint density at radius 3 is 2.67 bits per heavy atom. The quantitative estimate of drug-likeness (QED) is 0.925. The summed E-state index contributed by atoms with van der Waals surface area (Å²) in [5.41, 5.74) is 3.82. The van der Waals surface area contributed by atoms with Crippen molar-refractivity contribution in [3.05, 3.63) is 22.9 Å². The first-order valence-electron chi connectivity index (χ1n) is 7.80. The summed E-state index contributed by atoms with van der Waals surface area (Å²) < 4.78 is 5.49. The van der Waals surface area contributed by atoms with Gasteiger partial charge in [0.05, 0.1) is 6.10 Å². The predicted molar refractivity (Wildman–Crippen MR) is 87.9 cm³/mol. The molecule has 0 saturated carbocycles. The molecule has 0 bridgehead atoms. The molecule has 0 aromatic carbocycles. The molecule has 1 aliphatic heterocycles. The third-order valence-corrected chi connectivity index (χ3v) is 4.03. The molecule has 4 nitrogen and oxygen atoms in total. The highest BCUT2D eigenvalue weighted by atomic mass is 16.5. The first-order valence-corrected chi connectivity index (χ1v) is 7.80. The van der Waals surface area contributed by atoms with E-state index >= 15 is 0 Å². The maximum absolute atomic E-state index is 5.49. The van der Waals surface area contributed by atoms with Crippen LogP contribution in [0.15, 0.2) is 6.07 Å². The minimum absolute atomic E-state index is 0.106. The Hall–Kier alpha value is -1.13. The maximum Gasteiger partial charge on any atom is 0.133 e. The number of hydrogen-bond acceptors (Lipinski definition) is 4. The summed E-state index contributed by atoms with van der Waals surface area (Å²) in [6.45, 7) is 13.7. The second-order valence-electron chi connectivity index (χ2n) is 7.08. The van der Waals surface area contributed by atoms with Gasteiger partial charge in [-0.3, -0.25) is 0 Å². The lowest BCUT2D eigenvalue weighted by Crippen LogP contribution is -2.36. The second kappa shape index (κ2) is 6.32. The number of hydrogen-bond donors (Lipinski definition) is 1. The Morgan fingerprint density at radius 2 is 2.10 bits per heavy atom. The molecule has 1 aromatic heterocycles. The van der Waals surface area contributed by atoms with Crippen molar-refractivity contribution in [2.45, 2.75) is 59.2 Å². The summed E-state index contributed by atoms with van der Waals surface area (Å²) in [4.78, 5) is 7.18. The van der Waals surface area contributed by atoms with Gasteiger partial charge in [0, 0.05) is 43.5 Å². The van der Waals surface area contributed by atoms with Crippen LogP contribution in [0.5, 0.6) is 0 Å². The molecule has 0 aliphatic carbocycles. The summed E-state index contributed by atoms with van der Waals surface area (Å²) >= 11 is 0. The molecule has 2 heterocycles. The molecule has 1 unspecified atom stereocenters. The molecule has 1 N–H and O–H groups in total. The number of anilines is 1. The molecule has 0 radical (unpaired) electrons. The van der Waals surface area contributed by atoms with Crippen LogP contribution in [0.25, 0.3) is 0 Å². The summed E-state index contributed by atoms with van der Waals surface area (Å²) in [6, 6.07) is 2.17. The normalized spacial score (nSPS) is 19.3. The lowest BCUT2D eigenvalue weighted by atomic mass is 10.1. The molecule has 1 aromatic rings. The highest BCUT2D eigenvalue weighted by Gasteiger charge is 2.26. The standard InChI is InChI=1S/C17H29N3O/c1-12-9-13(2)19-16(15(12)10-18-17(3,4)5)20-8-7-14(11-20)21-6/h9,14,18H,7-8,10-11H2,1-6H3. The number of methoxy groups -OCH3 is 1. The van der Waals surface area contributed by atoms with Crippen molar-refractivity contribution in [2.75, 3.05) is 25.1 Å². The fraction of sp³-hybridized carbons (Fsp3) is 0.706. The number of nitrogens with zero attached hydrogens (tertiary/aromatic N) is 2. The van der Waals surface area contributed by atoms with Gasteiger partial charge in [0.15, 0.2) is 0 Å². The Morgan fingerprint density at radius 1 is 1.38 bits per heavy atom. The van der Waals surface area contributed by atoms with E-state index in [9.17, 15) is 0 Å². The average molecular weight is 291 g/mol. The zero-order chi connectivity index (χ0) is 15.6. The van der Waals surface area contributed by atoms with Gasteiger partial charge in [0.25, 0.3) is 0 Å². The molecule has 1 saturated heterocycles. The molecule has 0 spiro atoms. The minimum atomic E-state index is 0.106. The van der Waals surface area contributed by atoms with Crippen molar-refractivity contribution in [3.63, 3.8) is 0 Å². The molecule has 2 rings (SSSR count). The minimum Gasteiger partial charge on any atom is -0.380 e. The highest BCUT2D eigenvalue weighted by Crippen LogP contribution is 2.27. The van der Waals surface area contributed by atoms with Crippen LogP contribution < -0.4 is 10.2 Å². The summed E-state index contributed by atoms with van der Waals surface area (Å²) in [7, 11) is 1.80. The van der Waals surface area contributed by atoms with Crippen molar-refractivity contribution in [1.29, 1.82) is 0 Å². The molecule has 1 aliphatic rings. The molecule has 1 fully saturated rings. The van der Waals surface area contributed by atoms with E-state index in [1.807, 2.05) is 0 Å². The number of aryl methyl sites for hydroxylation is 2. The van der Waals surface area contributed by atoms with Gasteiger partial charge in [0.1, 0.15) is 5.82 Å². The van der Waals surface area contributed by atoms with Crippen LogP contribution in [0.3, 0.4) is 0 Å². The van der Waals surface area contributed by atoms with Crippen molar-refractivity contribution < 1.29 is 4.74 Å². The van der Waals surface area contributed by atoms with Gasteiger partial charge in [-0.2, -0.15) is 0 Å².